The van der Waals surface area contributed by atoms with E-state index in [0.29, 0.717) is 11.4 Å². The van der Waals surface area contributed by atoms with Gasteiger partial charge in [0.25, 0.3) is 10.0 Å². The molecule has 0 aliphatic rings. The fraction of sp³-hybridized carbons (Fsp3) is 0.0417. The zero-order valence-electron chi connectivity index (χ0n) is 16.1. The lowest BCUT2D eigenvalue weighted by atomic mass is 10.1. The van der Waals surface area contributed by atoms with Crippen LogP contribution in [0.3, 0.4) is 0 Å². The summed E-state index contributed by atoms with van der Waals surface area (Å²) in [4.78, 5) is 13.0. The van der Waals surface area contributed by atoms with Crippen LogP contribution < -0.4 is 9.62 Å². The Hall–Kier alpha value is -3.64. The molecule has 0 fully saturated rings. The number of nitrogens with one attached hydrogen (secondary N) is 1. The van der Waals surface area contributed by atoms with Crippen LogP contribution in [-0.4, -0.2) is 20.9 Å². The molecule has 0 saturated carbocycles. The molecular weight excluding hydrogens is 396 g/mol. The maximum atomic E-state index is 13.3. The van der Waals surface area contributed by atoms with Crippen molar-refractivity contribution in [1.29, 1.82) is 0 Å². The number of rotatable bonds is 6. The average Bonchev–Trinajstić information content (AvgIpc) is 2.79. The Kier molecular flexibility index (Phi) is 5.50. The fourth-order valence-corrected chi connectivity index (χ4v) is 4.73. The minimum Gasteiger partial charge on any atom is -0.324 e. The molecule has 0 aliphatic carbocycles. The van der Waals surface area contributed by atoms with E-state index in [2.05, 4.69) is 5.32 Å². The predicted octanol–water partition coefficient (Wildman–Crippen LogP) is 4.67. The molecule has 1 N–H and O–H groups in total. The first-order valence-electron chi connectivity index (χ1n) is 9.46. The SMILES string of the molecule is O=C(CN(c1ccccc1)S(=O)(=O)c1ccccc1)Nc1cccc2ccccc12. The monoisotopic (exact) mass is 416 g/mol. The summed E-state index contributed by atoms with van der Waals surface area (Å²) in [5.74, 6) is -0.422. The maximum Gasteiger partial charge on any atom is 0.264 e. The van der Waals surface area contributed by atoms with E-state index < -0.39 is 15.9 Å². The van der Waals surface area contributed by atoms with Gasteiger partial charge in [0, 0.05) is 11.1 Å². The van der Waals surface area contributed by atoms with Gasteiger partial charge in [-0.3, -0.25) is 9.10 Å². The molecule has 0 heterocycles. The van der Waals surface area contributed by atoms with Crippen molar-refractivity contribution in [3.63, 3.8) is 0 Å². The van der Waals surface area contributed by atoms with Gasteiger partial charge >= 0.3 is 0 Å². The third kappa shape index (κ3) is 4.04. The van der Waals surface area contributed by atoms with Gasteiger partial charge in [0.1, 0.15) is 6.54 Å². The quantitative estimate of drug-likeness (QED) is 0.497. The van der Waals surface area contributed by atoms with Crippen molar-refractivity contribution in [2.45, 2.75) is 4.90 Å². The summed E-state index contributed by atoms with van der Waals surface area (Å²) in [5.41, 5.74) is 1.07. The Bertz CT molecular complexity index is 1270. The third-order valence-corrected chi connectivity index (χ3v) is 6.51. The molecule has 0 radical (unpaired) electrons. The van der Waals surface area contributed by atoms with E-state index in [4.69, 9.17) is 0 Å². The molecule has 0 atom stereocenters. The van der Waals surface area contributed by atoms with Crippen LogP contribution in [-0.2, 0) is 14.8 Å². The van der Waals surface area contributed by atoms with Crippen molar-refractivity contribution in [3.05, 3.63) is 103 Å². The number of hydrogen-bond acceptors (Lipinski definition) is 3. The van der Waals surface area contributed by atoms with Crippen LogP contribution >= 0.6 is 0 Å². The smallest absolute Gasteiger partial charge is 0.264 e. The van der Waals surface area contributed by atoms with Gasteiger partial charge < -0.3 is 5.32 Å². The number of sulfonamides is 1. The summed E-state index contributed by atoms with van der Waals surface area (Å²) in [6.07, 6.45) is 0. The highest BCUT2D eigenvalue weighted by atomic mass is 32.2. The highest BCUT2D eigenvalue weighted by Crippen LogP contribution is 2.25. The van der Waals surface area contributed by atoms with Gasteiger partial charge in [-0.25, -0.2) is 8.42 Å². The normalized spacial score (nSPS) is 11.2. The number of carbonyl (C=O) groups is 1. The third-order valence-electron chi connectivity index (χ3n) is 4.73. The molecule has 0 aliphatic heterocycles. The van der Waals surface area contributed by atoms with E-state index in [1.54, 1.807) is 54.6 Å². The van der Waals surface area contributed by atoms with Crippen molar-refractivity contribution in [2.75, 3.05) is 16.2 Å². The van der Waals surface area contributed by atoms with E-state index in [1.165, 1.54) is 12.1 Å². The number of para-hydroxylation sites is 1. The predicted molar refractivity (Wildman–Crippen MR) is 120 cm³/mol. The summed E-state index contributed by atoms with van der Waals surface area (Å²) in [6, 6.07) is 30.1. The molecule has 30 heavy (non-hydrogen) atoms. The zero-order chi connectivity index (χ0) is 21.0. The molecule has 0 spiro atoms. The van der Waals surface area contributed by atoms with Crippen LogP contribution in [0.4, 0.5) is 11.4 Å². The topological polar surface area (TPSA) is 66.5 Å². The van der Waals surface area contributed by atoms with Gasteiger partial charge in [0.15, 0.2) is 0 Å². The molecule has 4 rings (SSSR count). The average molecular weight is 417 g/mol. The lowest BCUT2D eigenvalue weighted by Gasteiger charge is -2.24. The molecule has 1 amide bonds. The van der Waals surface area contributed by atoms with E-state index in [0.717, 1.165) is 15.1 Å². The Labute approximate surface area is 175 Å². The van der Waals surface area contributed by atoms with Gasteiger partial charge in [0.05, 0.1) is 10.6 Å². The second kappa shape index (κ2) is 8.39. The van der Waals surface area contributed by atoms with Gasteiger partial charge in [-0.2, -0.15) is 0 Å². The molecule has 0 unspecified atom stereocenters. The van der Waals surface area contributed by atoms with E-state index in [-0.39, 0.29) is 11.4 Å². The highest BCUT2D eigenvalue weighted by Gasteiger charge is 2.27. The number of fused-ring (bicyclic) bond motifs is 1. The van der Waals surface area contributed by atoms with Crippen molar-refractivity contribution >= 4 is 38.1 Å². The maximum absolute atomic E-state index is 13.3. The summed E-state index contributed by atoms with van der Waals surface area (Å²) in [7, 11) is -3.91. The van der Waals surface area contributed by atoms with E-state index >= 15 is 0 Å². The summed E-state index contributed by atoms with van der Waals surface area (Å²) < 4.78 is 27.7. The molecule has 4 aromatic rings. The molecule has 4 aromatic carbocycles. The van der Waals surface area contributed by atoms with Crippen LogP contribution in [0.5, 0.6) is 0 Å². The van der Waals surface area contributed by atoms with Crippen LogP contribution in [0.1, 0.15) is 0 Å². The van der Waals surface area contributed by atoms with Crippen LogP contribution in [0.15, 0.2) is 108 Å². The number of nitrogens with zero attached hydrogens (tertiary/aromatic N) is 1. The molecule has 5 nitrogen and oxygen atoms in total. The second-order valence-corrected chi connectivity index (χ2v) is 8.60. The van der Waals surface area contributed by atoms with Gasteiger partial charge in [-0.15, -0.1) is 0 Å². The minimum absolute atomic E-state index is 0.131. The Morgan fingerprint density at radius 3 is 2.07 bits per heavy atom. The standard InChI is InChI=1S/C24H20N2O3S/c27-24(25-23-17-9-11-19-10-7-8-16-22(19)23)18-26(20-12-3-1-4-13-20)30(28,29)21-14-5-2-6-15-21/h1-17H,18H2,(H,25,27). The number of anilines is 2. The molecule has 150 valence electrons. The minimum atomic E-state index is -3.91. The number of carbonyl (C=O) groups excluding carboxylic acids is 1. The van der Waals surface area contributed by atoms with Crippen molar-refractivity contribution in [3.8, 4) is 0 Å². The molecule has 0 aromatic heterocycles. The first kappa shape index (κ1) is 19.7. The summed E-state index contributed by atoms with van der Waals surface area (Å²) >= 11 is 0. The fourth-order valence-electron chi connectivity index (χ4n) is 3.28. The first-order chi connectivity index (χ1) is 14.6. The Morgan fingerprint density at radius 1 is 0.733 bits per heavy atom. The first-order valence-corrected chi connectivity index (χ1v) is 10.9. The largest absolute Gasteiger partial charge is 0.324 e. The molecule has 6 heteroatoms. The molecule has 0 bridgehead atoms. The molecule has 0 saturated heterocycles. The number of amides is 1. The van der Waals surface area contributed by atoms with Gasteiger partial charge in [0.2, 0.25) is 5.91 Å². The lowest BCUT2D eigenvalue weighted by Crippen LogP contribution is -2.38. The molecular formula is C24H20N2O3S. The van der Waals surface area contributed by atoms with Crippen molar-refractivity contribution in [2.24, 2.45) is 0 Å². The van der Waals surface area contributed by atoms with Crippen LogP contribution in [0, 0.1) is 0 Å². The van der Waals surface area contributed by atoms with Gasteiger partial charge in [-0.1, -0.05) is 72.8 Å². The summed E-state index contributed by atoms with van der Waals surface area (Å²) in [5, 5.41) is 4.75. The zero-order valence-corrected chi connectivity index (χ0v) is 16.9. The highest BCUT2D eigenvalue weighted by molar-refractivity contribution is 7.92. The Morgan fingerprint density at radius 2 is 1.33 bits per heavy atom. The Balaban J connectivity index is 1.66. The number of hydrogen-bond donors (Lipinski definition) is 1. The lowest BCUT2D eigenvalue weighted by molar-refractivity contribution is -0.114. The van der Waals surface area contributed by atoms with Crippen molar-refractivity contribution < 1.29 is 13.2 Å². The van der Waals surface area contributed by atoms with Crippen molar-refractivity contribution in [1.82, 2.24) is 0 Å². The van der Waals surface area contributed by atoms with E-state index in [1.807, 2.05) is 36.4 Å². The number of benzene rings is 4. The van der Waals surface area contributed by atoms with Crippen LogP contribution in [0.2, 0.25) is 0 Å². The van der Waals surface area contributed by atoms with Crippen LogP contribution in [0.25, 0.3) is 10.8 Å². The summed E-state index contributed by atoms with van der Waals surface area (Å²) in [6.45, 7) is -0.343. The van der Waals surface area contributed by atoms with Gasteiger partial charge in [-0.05, 0) is 35.7 Å². The second-order valence-electron chi connectivity index (χ2n) is 6.74. The van der Waals surface area contributed by atoms with E-state index in [9.17, 15) is 13.2 Å².